The molecular formula is C30H28N2O2. The summed E-state index contributed by atoms with van der Waals surface area (Å²) >= 11 is 0. The van der Waals surface area contributed by atoms with Gasteiger partial charge in [-0.2, -0.15) is 0 Å². The third kappa shape index (κ3) is 3.75. The molecule has 1 atom stereocenters. The molecule has 0 saturated heterocycles. The summed E-state index contributed by atoms with van der Waals surface area (Å²) in [4.78, 5) is 15.6. The van der Waals surface area contributed by atoms with Crippen molar-refractivity contribution in [2.75, 3.05) is 4.90 Å². The predicted molar refractivity (Wildman–Crippen MR) is 137 cm³/mol. The van der Waals surface area contributed by atoms with Gasteiger partial charge in [-0.1, -0.05) is 92.7 Å². The summed E-state index contributed by atoms with van der Waals surface area (Å²) in [5, 5.41) is 21.0. The van der Waals surface area contributed by atoms with Crippen molar-refractivity contribution in [3.05, 3.63) is 119 Å². The number of aliphatic hydroxyl groups is 1. The zero-order chi connectivity index (χ0) is 23.9. The molecule has 0 fully saturated rings. The van der Waals surface area contributed by atoms with E-state index in [2.05, 4.69) is 13.8 Å². The number of nitrogens with zero attached hydrogens (tertiary/aromatic N) is 1. The number of ketones is 1. The first-order chi connectivity index (χ1) is 16.4. The van der Waals surface area contributed by atoms with Crippen molar-refractivity contribution < 1.29 is 9.90 Å². The van der Waals surface area contributed by atoms with Crippen LogP contribution in [0.25, 0.3) is 5.76 Å². The Labute approximate surface area is 200 Å². The minimum Gasteiger partial charge on any atom is -0.507 e. The summed E-state index contributed by atoms with van der Waals surface area (Å²) in [6.45, 7) is 4.21. The molecule has 0 spiro atoms. The van der Waals surface area contributed by atoms with Crippen molar-refractivity contribution in [1.29, 1.82) is 5.41 Å². The van der Waals surface area contributed by atoms with E-state index in [1.807, 2.05) is 95.9 Å². The fourth-order valence-corrected chi connectivity index (χ4v) is 5.21. The van der Waals surface area contributed by atoms with Crippen LogP contribution in [0.2, 0.25) is 0 Å². The highest BCUT2D eigenvalue weighted by molar-refractivity contribution is 6.19. The number of benzene rings is 3. The fourth-order valence-electron chi connectivity index (χ4n) is 5.21. The van der Waals surface area contributed by atoms with Gasteiger partial charge in [-0.25, -0.2) is 0 Å². The van der Waals surface area contributed by atoms with Crippen LogP contribution in [0.1, 0.15) is 43.7 Å². The van der Waals surface area contributed by atoms with Gasteiger partial charge in [0, 0.05) is 40.4 Å². The van der Waals surface area contributed by atoms with Crippen molar-refractivity contribution in [3.63, 3.8) is 0 Å². The van der Waals surface area contributed by atoms with Crippen LogP contribution >= 0.6 is 0 Å². The number of Topliss-reactive ketones (excluding diaryl/α,β-unsaturated/α-hetero) is 1. The van der Waals surface area contributed by atoms with E-state index in [0.29, 0.717) is 29.6 Å². The maximum absolute atomic E-state index is 13.8. The first-order valence-electron chi connectivity index (χ1n) is 11.6. The smallest absolute Gasteiger partial charge is 0.162 e. The molecule has 0 saturated carbocycles. The Morgan fingerprint density at radius 2 is 1.44 bits per heavy atom. The minimum atomic E-state index is -0.507. The van der Waals surface area contributed by atoms with Crippen molar-refractivity contribution in [2.24, 2.45) is 5.41 Å². The van der Waals surface area contributed by atoms with E-state index in [4.69, 9.17) is 0 Å². The molecule has 1 heterocycles. The second-order valence-corrected chi connectivity index (χ2v) is 9.79. The summed E-state index contributed by atoms with van der Waals surface area (Å²) in [5.74, 6) is -0.199. The van der Waals surface area contributed by atoms with E-state index in [0.717, 1.165) is 16.9 Å². The Kier molecular flexibility index (Phi) is 5.45. The molecule has 3 aromatic carbocycles. The normalized spacial score (nSPS) is 21.4. The molecule has 0 unspecified atom stereocenters. The molecule has 1 aliphatic heterocycles. The molecule has 34 heavy (non-hydrogen) atoms. The topological polar surface area (TPSA) is 64.4 Å². The maximum atomic E-state index is 13.8. The highest BCUT2D eigenvalue weighted by Gasteiger charge is 2.46. The maximum Gasteiger partial charge on any atom is 0.162 e. The number of anilines is 1. The molecule has 2 N–H and O–H groups in total. The lowest BCUT2D eigenvalue weighted by atomic mass is 9.67. The quantitative estimate of drug-likeness (QED) is 0.429. The van der Waals surface area contributed by atoms with Gasteiger partial charge in [0.05, 0.1) is 0 Å². The van der Waals surface area contributed by atoms with Crippen LogP contribution in [0, 0.1) is 10.8 Å². The van der Waals surface area contributed by atoms with Gasteiger partial charge in [0.25, 0.3) is 0 Å². The fraction of sp³-hybridized carbons (Fsp3) is 0.200. The molecule has 0 radical (unpaired) electrons. The molecule has 0 bridgehead atoms. The number of rotatable bonds is 3. The first-order valence-corrected chi connectivity index (χ1v) is 11.6. The van der Waals surface area contributed by atoms with E-state index in [-0.39, 0.29) is 22.8 Å². The van der Waals surface area contributed by atoms with E-state index < -0.39 is 5.92 Å². The van der Waals surface area contributed by atoms with Gasteiger partial charge in [-0.3, -0.25) is 15.1 Å². The van der Waals surface area contributed by atoms with Crippen LogP contribution in [0.5, 0.6) is 0 Å². The number of para-hydroxylation sites is 1. The monoisotopic (exact) mass is 448 g/mol. The average Bonchev–Trinajstić information content (AvgIpc) is 2.84. The third-order valence-corrected chi connectivity index (χ3v) is 6.67. The summed E-state index contributed by atoms with van der Waals surface area (Å²) in [7, 11) is 0. The number of allylic oxidation sites excluding steroid dienone is 2. The molecule has 4 heteroatoms. The van der Waals surface area contributed by atoms with Crippen LogP contribution in [0.3, 0.4) is 0 Å². The van der Waals surface area contributed by atoms with Crippen molar-refractivity contribution >= 4 is 23.1 Å². The third-order valence-electron chi connectivity index (χ3n) is 6.67. The lowest BCUT2D eigenvalue weighted by molar-refractivity contribution is -0.118. The van der Waals surface area contributed by atoms with E-state index in [9.17, 15) is 15.3 Å². The zero-order valence-electron chi connectivity index (χ0n) is 19.5. The molecule has 4 nitrogen and oxygen atoms in total. The number of carbonyl (C=O) groups is 1. The Balaban J connectivity index is 1.85. The van der Waals surface area contributed by atoms with Crippen molar-refractivity contribution in [2.45, 2.75) is 32.6 Å². The molecular weight excluding hydrogens is 420 g/mol. The zero-order valence-corrected chi connectivity index (χ0v) is 19.5. The molecule has 0 amide bonds. The van der Waals surface area contributed by atoms with E-state index in [1.165, 1.54) is 0 Å². The van der Waals surface area contributed by atoms with Gasteiger partial charge in [-0.05, 0) is 29.5 Å². The average molecular weight is 449 g/mol. The van der Waals surface area contributed by atoms with Gasteiger partial charge >= 0.3 is 0 Å². The first kappa shape index (κ1) is 21.9. The summed E-state index contributed by atoms with van der Waals surface area (Å²) in [6.07, 6.45) is 1.11. The van der Waals surface area contributed by atoms with Crippen LogP contribution in [0.15, 0.2) is 108 Å². The number of hydrogen-bond donors (Lipinski definition) is 2. The lowest BCUT2D eigenvalue weighted by Crippen LogP contribution is -2.45. The van der Waals surface area contributed by atoms with Crippen LogP contribution in [0.4, 0.5) is 5.69 Å². The number of hydrogen-bond acceptors (Lipinski definition) is 3. The van der Waals surface area contributed by atoms with Gasteiger partial charge in [0.2, 0.25) is 0 Å². The van der Waals surface area contributed by atoms with Crippen LogP contribution in [-0.2, 0) is 4.79 Å². The van der Waals surface area contributed by atoms with Crippen molar-refractivity contribution in [3.8, 4) is 0 Å². The minimum absolute atomic E-state index is 0.0320. The van der Waals surface area contributed by atoms with Gasteiger partial charge in [0.15, 0.2) is 5.78 Å². The van der Waals surface area contributed by atoms with Gasteiger partial charge in [0.1, 0.15) is 11.6 Å². The van der Waals surface area contributed by atoms with E-state index >= 15 is 0 Å². The summed E-state index contributed by atoms with van der Waals surface area (Å²) in [5.41, 5.74) is 4.12. The highest BCUT2D eigenvalue weighted by Crippen LogP contribution is 2.51. The summed E-state index contributed by atoms with van der Waals surface area (Å²) < 4.78 is 0. The molecule has 1 aliphatic carbocycles. The van der Waals surface area contributed by atoms with E-state index in [1.54, 1.807) is 0 Å². The number of amidine groups is 1. The Morgan fingerprint density at radius 3 is 2.06 bits per heavy atom. The predicted octanol–water partition coefficient (Wildman–Crippen LogP) is 6.88. The van der Waals surface area contributed by atoms with Gasteiger partial charge in [-0.15, -0.1) is 0 Å². The van der Waals surface area contributed by atoms with Gasteiger partial charge < -0.3 is 5.11 Å². The second kappa shape index (κ2) is 8.45. The lowest BCUT2D eigenvalue weighted by Gasteiger charge is -2.45. The molecule has 3 aromatic rings. The molecule has 2 aliphatic rings. The Hall–Kier alpha value is -3.92. The standard InChI is InChI=1S/C30H28N2O2/c1-30(2)18-23-26(24(33)19-30)25(20-12-6-3-7-13-20)27(28(34)21-14-8-4-9-15-21)29(31)32(23)22-16-10-5-11-17-22/h3-17,25,31,34H,18-19H2,1-2H3/t25-/m1/s1. The molecule has 5 rings (SSSR count). The number of aliphatic hydroxyl groups excluding tert-OH is 1. The number of nitrogens with one attached hydrogen (secondary N) is 1. The SMILES string of the molecule is CC1(C)CC(=O)C2=C(C1)N(c1ccccc1)C(=N)C(=C(O)c1ccccc1)[C@@H]2c1ccccc1. The largest absolute Gasteiger partial charge is 0.507 e. The molecule has 170 valence electrons. The van der Waals surface area contributed by atoms with Crippen LogP contribution < -0.4 is 4.90 Å². The molecule has 0 aromatic heterocycles. The Morgan fingerprint density at radius 1 is 0.882 bits per heavy atom. The summed E-state index contributed by atoms with van der Waals surface area (Å²) in [6, 6.07) is 28.8. The Bertz CT molecular complexity index is 1310. The van der Waals surface area contributed by atoms with Crippen molar-refractivity contribution in [1.82, 2.24) is 0 Å². The number of carbonyl (C=O) groups excluding carboxylic acids is 1. The van der Waals surface area contributed by atoms with Crippen LogP contribution in [-0.4, -0.2) is 16.7 Å². The second-order valence-electron chi connectivity index (χ2n) is 9.79. The highest BCUT2D eigenvalue weighted by atomic mass is 16.3.